The molecule has 1 atom stereocenters. The Kier molecular flexibility index (Phi) is 7.35. The molecule has 1 amide bonds. The first kappa shape index (κ1) is 24.4. The maximum atomic E-state index is 13.0. The number of hydrogen-bond donors (Lipinski definition) is 2. The van der Waals surface area contributed by atoms with Crippen molar-refractivity contribution in [2.45, 2.75) is 45.1 Å². The van der Waals surface area contributed by atoms with Gasteiger partial charge in [-0.2, -0.15) is 0 Å². The summed E-state index contributed by atoms with van der Waals surface area (Å²) in [6, 6.07) is 11.7. The van der Waals surface area contributed by atoms with Gasteiger partial charge in [0.15, 0.2) is 5.13 Å². The number of piperidine rings is 1. The zero-order chi connectivity index (χ0) is 24.3. The summed E-state index contributed by atoms with van der Waals surface area (Å²) in [5.74, 6) is 0.316. The third kappa shape index (κ3) is 6.02. The number of nitrogens with zero attached hydrogens (tertiary/aromatic N) is 2. The first-order valence-corrected chi connectivity index (χ1v) is 13.7. The minimum atomic E-state index is -3.84. The zero-order valence-electron chi connectivity index (χ0n) is 19.7. The van der Waals surface area contributed by atoms with Crippen LogP contribution in [0.5, 0.6) is 0 Å². The predicted molar refractivity (Wildman–Crippen MR) is 137 cm³/mol. The Balaban J connectivity index is 1.46. The number of thiazole rings is 1. The van der Waals surface area contributed by atoms with E-state index in [2.05, 4.69) is 26.8 Å². The number of aromatic nitrogens is 1. The quantitative estimate of drug-likeness (QED) is 0.476. The van der Waals surface area contributed by atoms with Gasteiger partial charge < -0.3 is 0 Å². The summed E-state index contributed by atoms with van der Waals surface area (Å²) in [5.41, 5.74) is 3.34. The lowest BCUT2D eigenvalue weighted by atomic mass is 10.0. The highest BCUT2D eigenvalue weighted by molar-refractivity contribution is 7.92. The van der Waals surface area contributed by atoms with Crippen molar-refractivity contribution in [1.29, 1.82) is 0 Å². The van der Waals surface area contributed by atoms with E-state index in [4.69, 9.17) is 0 Å². The Morgan fingerprint density at radius 3 is 2.79 bits per heavy atom. The van der Waals surface area contributed by atoms with Crippen LogP contribution in [0.4, 0.5) is 10.8 Å². The van der Waals surface area contributed by atoms with Gasteiger partial charge in [-0.15, -0.1) is 11.3 Å². The Morgan fingerprint density at radius 1 is 1.21 bits per heavy atom. The van der Waals surface area contributed by atoms with Crippen molar-refractivity contribution in [3.63, 3.8) is 0 Å². The highest BCUT2D eigenvalue weighted by Crippen LogP contribution is 2.24. The molecule has 0 aliphatic carbocycles. The van der Waals surface area contributed by atoms with Gasteiger partial charge in [0.2, 0.25) is 0 Å². The second-order valence-corrected chi connectivity index (χ2v) is 11.6. The molecular weight excluding hydrogens is 468 g/mol. The molecule has 3 aromatic rings. The summed E-state index contributed by atoms with van der Waals surface area (Å²) in [7, 11) is -3.84. The topological polar surface area (TPSA) is 91.4 Å². The van der Waals surface area contributed by atoms with Crippen LogP contribution in [0.2, 0.25) is 0 Å². The zero-order valence-corrected chi connectivity index (χ0v) is 21.3. The SMILES string of the molecule is Cc1cccc(NS(=O)(=O)c2ccc(C)c(C(=O)Nc3nc(CN4CCCC(C)C4)cs3)c2)c1. The van der Waals surface area contributed by atoms with E-state index in [1.54, 1.807) is 31.2 Å². The van der Waals surface area contributed by atoms with Gasteiger partial charge in [-0.25, -0.2) is 13.4 Å². The van der Waals surface area contributed by atoms with Crippen molar-refractivity contribution >= 4 is 38.1 Å². The van der Waals surface area contributed by atoms with E-state index in [-0.39, 0.29) is 10.8 Å². The van der Waals surface area contributed by atoms with Crippen LogP contribution >= 0.6 is 11.3 Å². The number of aryl methyl sites for hydroxylation is 2. The van der Waals surface area contributed by atoms with Crippen LogP contribution in [0.3, 0.4) is 0 Å². The van der Waals surface area contributed by atoms with Crippen molar-refractivity contribution < 1.29 is 13.2 Å². The van der Waals surface area contributed by atoms with E-state index in [1.165, 1.54) is 36.3 Å². The first-order chi connectivity index (χ1) is 16.2. The molecule has 1 saturated heterocycles. The molecule has 34 heavy (non-hydrogen) atoms. The summed E-state index contributed by atoms with van der Waals surface area (Å²) in [6.07, 6.45) is 2.47. The fraction of sp³-hybridized carbons (Fsp3) is 0.360. The lowest BCUT2D eigenvalue weighted by Crippen LogP contribution is -2.33. The molecule has 0 saturated carbocycles. The van der Waals surface area contributed by atoms with Crippen LogP contribution in [0, 0.1) is 19.8 Å². The summed E-state index contributed by atoms with van der Waals surface area (Å²) < 4.78 is 28.4. The number of sulfonamides is 1. The fourth-order valence-corrected chi connectivity index (χ4v) is 5.97. The van der Waals surface area contributed by atoms with Gasteiger partial charge in [-0.3, -0.25) is 19.7 Å². The minimum Gasteiger partial charge on any atom is -0.298 e. The van der Waals surface area contributed by atoms with Gasteiger partial charge in [0, 0.05) is 29.7 Å². The molecule has 0 radical (unpaired) electrons. The number of carbonyl (C=O) groups is 1. The van der Waals surface area contributed by atoms with E-state index in [1.807, 2.05) is 18.4 Å². The fourth-order valence-electron chi connectivity index (χ4n) is 4.20. The van der Waals surface area contributed by atoms with Gasteiger partial charge in [-0.05, 0) is 74.5 Å². The third-order valence-electron chi connectivity index (χ3n) is 5.93. The molecule has 0 bridgehead atoms. The van der Waals surface area contributed by atoms with Gasteiger partial charge in [0.05, 0.1) is 10.6 Å². The number of anilines is 2. The number of likely N-dealkylation sites (tertiary alicyclic amines) is 1. The summed E-state index contributed by atoms with van der Waals surface area (Å²) >= 11 is 1.38. The molecule has 0 spiro atoms. The van der Waals surface area contributed by atoms with Crippen LogP contribution in [-0.2, 0) is 16.6 Å². The van der Waals surface area contributed by atoms with Gasteiger partial charge in [-0.1, -0.05) is 25.1 Å². The number of benzene rings is 2. The van der Waals surface area contributed by atoms with Gasteiger partial charge in [0.25, 0.3) is 15.9 Å². The van der Waals surface area contributed by atoms with E-state index in [9.17, 15) is 13.2 Å². The molecule has 9 heteroatoms. The van der Waals surface area contributed by atoms with Crippen LogP contribution in [0.25, 0.3) is 0 Å². The molecule has 1 unspecified atom stereocenters. The summed E-state index contributed by atoms with van der Waals surface area (Å²) in [4.78, 5) is 20.0. The van der Waals surface area contributed by atoms with Crippen molar-refractivity contribution in [3.05, 3.63) is 70.2 Å². The number of carbonyl (C=O) groups excluding carboxylic acids is 1. The van der Waals surface area contributed by atoms with Crippen LogP contribution in [-0.4, -0.2) is 37.3 Å². The Bertz CT molecular complexity index is 1290. The Hall–Kier alpha value is -2.75. The minimum absolute atomic E-state index is 0.0313. The average molecular weight is 499 g/mol. The average Bonchev–Trinajstić information content (AvgIpc) is 3.20. The van der Waals surface area contributed by atoms with Crippen LogP contribution in [0.15, 0.2) is 52.7 Å². The molecule has 1 aliphatic rings. The highest BCUT2D eigenvalue weighted by Gasteiger charge is 2.20. The predicted octanol–water partition coefficient (Wildman–Crippen LogP) is 5.04. The third-order valence-corrected chi connectivity index (χ3v) is 8.12. The highest BCUT2D eigenvalue weighted by atomic mass is 32.2. The summed E-state index contributed by atoms with van der Waals surface area (Å²) in [5, 5.41) is 5.31. The molecule has 7 nitrogen and oxygen atoms in total. The number of amides is 1. The standard InChI is InChI=1S/C25H30N4O3S2/c1-17-6-4-8-20(12-17)28-34(31,32)22-10-9-19(3)23(13-22)24(30)27-25-26-21(16-33-25)15-29-11-5-7-18(2)14-29/h4,6,8-10,12-13,16,18,28H,5,7,11,14-15H2,1-3H3,(H,26,27,30). The first-order valence-electron chi connectivity index (χ1n) is 11.4. The maximum Gasteiger partial charge on any atom is 0.261 e. The molecule has 180 valence electrons. The Labute approximate surface area is 205 Å². The smallest absolute Gasteiger partial charge is 0.261 e. The molecule has 1 aromatic heterocycles. The second kappa shape index (κ2) is 10.2. The van der Waals surface area contributed by atoms with Crippen molar-refractivity contribution in [2.75, 3.05) is 23.1 Å². The van der Waals surface area contributed by atoms with E-state index in [0.29, 0.717) is 27.9 Å². The van der Waals surface area contributed by atoms with Crippen LogP contribution in [0.1, 0.15) is 46.9 Å². The number of rotatable bonds is 7. The van der Waals surface area contributed by atoms with Crippen molar-refractivity contribution in [3.8, 4) is 0 Å². The number of hydrogen-bond acceptors (Lipinski definition) is 6. The van der Waals surface area contributed by atoms with Gasteiger partial charge >= 0.3 is 0 Å². The molecule has 1 fully saturated rings. The molecule has 2 N–H and O–H groups in total. The molecule has 1 aliphatic heterocycles. The monoisotopic (exact) mass is 498 g/mol. The van der Waals surface area contributed by atoms with E-state index >= 15 is 0 Å². The largest absolute Gasteiger partial charge is 0.298 e. The molecule has 4 rings (SSSR count). The van der Waals surface area contributed by atoms with Gasteiger partial charge in [0.1, 0.15) is 0 Å². The molecular formula is C25H30N4O3S2. The van der Waals surface area contributed by atoms with E-state index in [0.717, 1.165) is 30.9 Å². The maximum absolute atomic E-state index is 13.0. The van der Waals surface area contributed by atoms with E-state index < -0.39 is 10.0 Å². The van der Waals surface area contributed by atoms with Crippen LogP contribution < -0.4 is 10.0 Å². The molecule has 2 aromatic carbocycles. The number of nitrogens with one attached hydrogen (secondary N) is 2. The lowest BCUT2D eigenvalue weighted by Gasteiger charge is -2.30. The summed E-state index contributed by atoms with van der Waals surface area (Å²) in [6.45, 7) is 8.85. The Morgan fingerprint density at radius 2 is 2.03 bits per heavy atom. The lowest BCUT2D eigenvalue weighted by molar-refractivity contribution is 0.102. The molecule has 2 heterocycles. The second-order valence-electron chi connectivity index (χ2n) is 9.03. The van der Waals surface area contributed by atoms with Crippen molar-refractivity contribution in [1.82, 2.24) is 9.88 Å². The van der Waals surface area contributed by atoms with Crippen molar-refractivity contribution in [2.24, 2.45) is 5.92 Å². The normalized spacial score (nSPS) is 16.9.